The maximum absolute atomic E-state index is 14.7. The van der Waals surface area contributed by atoms with E-state index in [2.05, 4.69) is 0 Å². The summed E-state index contributed by atoms with van der Waals surface area (Å²) in [5.74, 6) is 0.117. The number of hydrogen-bond donors (Lipinski definition) is 2. The third kappa shape index (κ3) is 6.87. The lowest BCUT2D eigenvalue weighted by Crippen LogP contribution is -2.11. The van der Waals surface area contributed by atoms with Crippen molar-refractivity contribution < 1.29 is 35.5 Å². The van der Waals surface area contributed by atoms with E-state index in [1.807, 2.05) is 0 Å². The molecule has 0 saturated heterocycles. The van der Waals surface area contributed by atoms with Gasteiger partial charge in [0.1, 0.15) is 28.7 Å². The predicted molar refractivity (Wildman–Crippen MR) is 146 cm³/mol. The van der Waals surface area contributed by atoms with E-state index in [9.17, 15) is 26.0 Å². The van der Waals surface area contributed by atoms with Gasteiger partial charge in [0.25, 0.3) is 0 Å². The number of sulfone groups is 1. The molecule has 4 rings (SSSR count). The van der Waals surface area contributed by atoms with Gasteiger partial charge in [-0.25, -0.2) is 12.8 Å². The van der Waals surface area contributed by atoms with Gasteiger partial charge in [-0.05, 0) is 91.7 Å². The molecule has 41 heavy (non-hydrogen) atoms. The second-order valence-electron chi connectivity index (χ2n) is 9.69. The lowest BCUT2D eigenvalue weighted by Gasteiger charge is -2.20. The van der Waals surface area contributed by atoms with Gasteiger partial charge in [-0.1, -0.05) is 18.2 Å². The van der Waals surface area contributed by atoms with Gasteiger partial charge in [0.2, 0.25) is 9.84 Å². The highest BCUT2D eigenvalue weighted by atomic mass is 32.2. The molecule has 0 saturated carbocycles. The van der Waals surface area contributed by atoms with Crippen LogP contribution in [-0.4, -0.2) is 8.42 Å². The number of ether oxygens (including phenoxy) is 2. The van der Waals surface area contributed by atoms with Gasteiger partial charge in [-0.3, -0.25) is 0 Å². The highest BCUT2D eigenvalue weighted by Crippen LogP contribution is 2.39. The number of nitrogens with two attached hydrogens (primary N) is 2. The van der Waals surface area contributed by atoms with E-state index in [1.54, 1.807) is 18.2 Å². The summed E-state index contributed by atoms with van der Waals surface area (Å²) in [6.45, 7) is 3.05. The maximum atomic E-state index is 14.7. The molecule has 216 valence electrons. The minimum atomic E-state index is -4.65. The Hall–Kier alpha value is -3.93. The average molecular weight is 589 g/mol. The van der Waals surface area contributed by atoms with Gasteiger partial charge < -0.3 is 20.9 Å². The lowest BCUT2D eigenvalue weighted by atomic mass is 9.97. The third-order valence-corrected chi connectivity index (χ3v) is 8.02. The Bertz CT molecular complexity index is 1510. The van der Waals surface area contributed by atoms with Crippen LogP contribution in [0.5, 0.6) is 23.0 Å². The van der Waals surface area contributed by atoms with Crippen LogP contribution in [0.15, 0.2) is 94.7 Å². The van der Waals surface area contributed by atoms with Crippen molar-refractivity contribution in [2.24, 2.45) is 11.5 Å². The average Bonchev–Trinajstić information content (AvgIpc) is 2.92. The van der Waals surface area contributed by atoms with Gasteiger partial charge in [-0.2, -0.15) is 13.2 Å². The van der Waals surface area contributed by atoms with E-state index in [0.717, 1.165) is 11.6 Å². The summed E-state index contributed by atoms with van der Waals surface area (Å²) in [5.41, 5.74) is 10.1. The normalized spacial score (nSPS) is 12.3. The molecule has 4 N–H and O–H groups in total. The summed E-state index contributed by atoms with van der Waals surface area (Å²) in [6, 6.07) is 18.9. The van der Waals surface area contributed by atoms with Crippen LogP contribution in [0, 0.1) is 0 Å². The Labute approximate surface area is 235 Å². The van der Waals surface area contributed by atoms with Crippen LogP contribution >= 0.6 is 0 Å². The van der Waals surface area contributed by atoms with Crippen molar-refractivity contribution in [3.05, 3.63) is 107 Å². The molecule has 0 radical (unpaired) electrons. The predicted octanol–water partition coefficient (Wildman–Crippen LogP) is 7.24. The second-order valence-corrected chi connectivity index (χ2v) is 11.6. The van der Waals surface area contributed by atoms with Gasteiger partial charge in [-0.15, -0.1) is 0 Å². The molecule has 0 amide bonds. The Balaban J connectivity index is 1.55. The molecule has 4 aromatic rings. The van der Waals surface area contributed by atoms with E-state index in [1.165, 1.54) is 74.5 Å². The molecule has 11 heteroatoms. The van der Waals surface area contributed by atoms with Crippen molar-refractivity contribution in [1.29, 1.82) is 0 Å². The summed E-state index contributed by atoms with van der Waals surface area (Å²) >= 11 is 0. The van der Waals surface area contributed by atoms with Crippen LogP contribution in [-0.2, 0) is 34.8 Å². The molecular weight excluding hydrogens is 560 g/mol. The largest absolute Gasteiger partial charge is 0.457 e. The van der Waals surface area contributed by atoms with Gasteiger partial charge in [0.05, 0.1) is 15.4 Å². The first-order chi connectivity index (χ1) is 19.2. The van der Waals surface area contributed by atoms with Crippen molar-refractivity contribution in [3.63, 3.8) is 0 Å². The minimum Gasteiger partial charge on any atom is -0.457 e. The van der Waals surface area contributed by atoms with E-state index >= 15 is 0 Å². The zero-order valence-corrected chi connectivity index (χ0v) is 23.0. The van der Waals surface area contributed by atoms with Crippen molar-refractivity contribution in [2.45, 2.75) is 48.6 Å². The van der Waals surface area contributed by atoms with Crippen LogP contribution in [0.25, 0.3) is 0 Å². The third-order valence-electron chi connectivity index (χ3n) is 6.23. The summed E-state index contributed by atoms with van der Waals surface area (Å²) < 4.78 is 92.8. The molecule has 0 aliphatic carbocycles. The smallest absolute Gasteiger partial charge is 0.419 e. The molecule has 0 bridgehead atoms. The molecule has 0 unspecified atom stereocenters. The Kier molecular flexibility index (Phi) is 8.44. The number of hydrogen-bond acceptors (Lipinski definition) is 6. The molecule has 0 aromatic heterocycles. The minimum absolute atomic E-state index is 0.0127. The SMILES string of the molecule is CC(C)(F)c1ccc(CN)cc1Oc1ccc(S(=O)(=O)c2ccc(Oc3cc(CN)ccc3C(F)(F)F)cc2)cc1. The molecule has 0 heterocycles. The molecule has 4 aromatic carbocycles. The number of halogens is 4. The number of rotatable bonds is 9. The van der Waals surface area contributed by atoms with Crippen LogP contribution in [0.2, 0.25) is 0 Å². The Morgan fingerprint density at radius 2 is 1.02 bits per heavy atom. The highest BCUT2D eigenvalue weighted by Gasteiger charge is 2.34. The highest BCUT2D eigenvalue weighted by molar-refractivity contribution is 7.91. The molecule has 0 atom stereocenters. The first kappa shape index (κ1) is 30.0. The fourth-order valence-corrected chi connectivity index (χ4v) is 5.31. The van der Waals surface area contributed by atoms with E-state index in [-0.39, 0.29) is 40.1 Å². The Morgan fingerprint density at radius 1 is 0.634 bits per heavy atom. The topological polar surface area (TPSA) is 105 Å². The monoisotopic (exact) mass is 588 g/mol. The summed E-state index contributed by atoms with van der Waals surface area (Å²) in [4.78, 5) is -0.141. The molecular formula is C30H28F4N2O4S. The number of alkyl halides is 4. The summed E-state index contributed by atoms with van der Waals surface area (Å²) in [7, 11) is -3.99. The van der Waals surface area contributed by atoms with Gasteiger partial charge in [0.15, 0.2) is 0 Å². The molecule has 0 fully saturated rings. The summed E-state index contributed by atoms with van der Waals surface area (Å²) in [5, 5.41) is 0. The van der Waals surface area contributed by atoms with Crippen molar-refractivity contribution >= 4 is 9.84 Å². The van der Waals surface area contributed by atoms with Gasteiger partial charge >= 0.3 is 6.18 Å². The molecule has 6 nitrogen and oxygen atoms in total. The lowest BCUT2D eigenvalue weighted by molar-refractivity contribution is -0.138. The standard InChI is InChI=1S/C30H28F4N2O4S/c1-29(2,31)25-13-3-19(17-35)15-27(25)39-21-5-9-23(10-6-21)41(37,38)24-11-7-22(8-12-24)40-28-16-20(18-36)4-14-26(28)30(32,33)34/h3-16H,17-18,35-36H2,1-2H3. The van der Waals surface area contributed by atoms with Crippen molar-refractivity contribution in [2.75, 3.05) is 0 Å². The number of benzene rings is 4. The maximum Gasteiger partial charge on any atom is 0.419 e. The zero-order chi connectivity index (χ0) is 30.0. The summed E-state index contributed by atoms with van der Waals surface area (Å²) in [6.07, 6.45) is -4.65. The molecule has 0 aliphatic heterocycles. The quantitative estimate of drug-likeness (QED) is 0.200. The van der Waals surface area contributed by atoms with Crippen molar-refractivity contribution in [1.82, 2.24) is 0 Å². The Morgan fingerprint density at radius 3 is 1.39 bits per heavy atom. The van der Waals surface area contributed by atoms with E-state index in [4.69, 9.17) is 20.9 Å². The fraction of sp³-hybridized carbons (Fsp3) is 0.200. The second kappa shape index (κ2) is 11.5. The van der Waals surface area contributed by atoms with Crippen LogP contribution in [0.1, 0.15) is 36.1 Å². The van der Waals surface area contributed by atoms with Crippen LogP contribution < -0.4 is 20.9 Å². The van der Waals surface area contributed by atoms with E-state index < -0.39 is 33.0 Å². The zero-order valence-electron chi connectivity index (χ0n) is 22.2. The van der Waals surface area contributed by atoms with Gasteiger partial charge in [0, 0.05) is 18.7 Å². The first-order valence-electron chi connectivity index (χ1n) is 12.5. The first-order valence-corrected chi connectivity index (χ1v) is 13.9. The van der Waals surface area contributed by atoms with Crippen LogP contribution in [0.4, 0.5) is 17.6 Å². The fourth-order valence-electron chi connectivity index (χ4n) is 4.05. The van der Waals surface area contributed by atoms with E-state index in [0.29, 0.717) is 11.1 Å². The molecule has 0 spiro atoms. The van der Waals surface area contributed by atoms with Crippen molar-refractivity contribution in [3.8, 4) is 23.0 Å². The molecule has 0 aliphatic rings. The van der Waals surface area contributed by atoms with Crippen LogP contribution in [0.3, 0.4) is 0 Å².